The summed E-state index contributed by atoms with van der Waals surface area (Å²) in [6, 6.07) is 15.7. The molecule has 0 saturated heterocycles. The zero-order valence-electron chi connectivity index (χ0n) is 10.8. The van der Waals surface area contributed by atoms with Crippen LogP contribution in [0.4, 0.5) is 0 Å². The number of rotatable bonds is 4. The van der Waals surface area contributed by atoms with Gasteiger partial charge in [-0.15, -0.1) is 0 Å². The van der Waals surface area contributed by atoms with Gasteiger partial charge in [0.2, 0.25) is 5.41 Å². The first kappa shape index (κ1) is 14.7. The van der Waals surface area contributed by atoms with E-state index < -0.39 is 17.4 Å². The van der Waals surface area contributed by atoms with E-state index >= 15 is 0 Å². The highest BCUT2D eigenvalue weighted by Crippen LogP contribution is 2.35. The summed E-state index contributed by atoms with van der Waals surface area (Å²) in [5, 5.41) is 17.6. The number of benzene rings is 2. The van der Waals surface area contributed by atoms with Gasteiger partial charge in [0, 0.05) is 0 Å². The SMILES string of the molecule is O=C(OO)C(C(=O)OO)(c1ccccc1)c1ccccc1. The normalized spacial score (nSPS) is 10.8. The maximum absolute atomic E-state index is 12.2. The van der Waals surface area contributed by atoms with Crippen molar-refractivity contribution in [3.8, 4) is 0 Å². The highest BCUT2D eigenvalue weighted by molar-refractivity contribution is 6.09. The fourth-order valence-electron chi connectivity index (χ4n) is 2.23. The van der Waals surface area contributed by atoms with Crippen LogP contribution in [0, 0.1) is 0 Å². The minimum atomic E-state index is -2.12. The molecule has 2 aromatic carbocycles. The maximum Gasteiger partial charge on any atom is 0.368 e. The molecule has 0 aliphatic rings. The van der Waals surface area contributed by atoms with Crippen molar-refractivity contribution in [2.24, 2.45) is 0 Å². The Bertz CT molecular complexity index is 566. The van der Waals surface area contributed by atoms with Gasteiger partial charge in [0.1, 0.15) is 0 Å². The predicted octanol–water partition coefficient (Wildman–Crippen LogP) is 2.01. The van der Waals surface area contributed by atoms with Gasteiger partial charge >= 0.3 is 11.9 Å². The third-order valence-corrected chi connectivity index (χ3v) is 3.19. The van der Waals surface area contributed by atoms with Crippen molar-refractivity contribution in [1.82, 2.24) is 0 Å². The molecule has 0 bridgehead atoms. The lowest BCUT2D eigenvalue weighted by atomic mass is 9.74. The molecule has 0 saturated carbocycles. The largest absolute Gasteiger partial charge is 0.368 e. The van der Waals surface area contributed by atoms with Crippen molar-refractivity contribution >= 4 is 11.9 Å². The maximum atomic E-state index is 12.2. The van der Waals surface area contributed by atoms with Gasteiger partial charge in [-0.1, -0.05) is 60.7 Å². The number of carbonyl (C=O) groups is 2. The second kappa shape index (κ2) is 6.17. The standard InChI is InChI=1S/C15H12O6/c16-13(20-18)15(14(17)21-19,11-7-3-1-4-8-11)12-9-5-2-6-10-12/h1-10,18-19H. The second-order valence-electron chi connectivity index (χ2n) is 4.24. The Morgan fingerprint density at radius 3 is 1.33 bits per heavy atom. The zero-order valence-corrected chi connectivity index (χ0v) is 10.8. The van der Waals surface area contributed by atoms with E-state index in [1.165, 1.54) is 24.3 Å². The van der Waals surface area contributed by atoms with Gasteiger partial charge in [0.15, 0.2) is 0 Å². The van der Waals surface area contributed by atoms with E-state index in [0.29, 0.717) is 0 Å². The summed E-state index contributed by atoms with van der Waals surface area (Å²) in [6.07, 6.45) is 0. The van der Waals surface area contributed by atoms with Crippen molar-refractivity contribution in [2.75, 3.05) is 0 Å². The minimum absolute atomic E-state index is 0.189. The van der Waals surface area contributed by atoms with Crippen LogP contribution in [-0.2, 0) is 24.8 Å². The molecule has 0 fully saturated rings. The molecule has 2 aromatic rings. The molecule has 0 unspecified atom stereocenters. The molecule has 21 heavy (non-hydrogen) atoms. The minimum Gasteiger partial charge on any atom is -0.299 e. The quantitative estimate of drug-likeness (QED) is 0.508. The molecule has 6 nitrogen and oxygen atoms in total. The van der Waals surface area contributed by atoms with Crippen molar-refractivity contribution in [3.63, 3.8) is 0 Å². The lowest BCUT2D eigenvalue weighted by Gasteiger charge is -2.27. The van der Waals surface area contributed by atoms with E-state index in [4.69, 9.17) is 10.5 Å². The van der Waals surface area contributed by atoms with Gasteiger partial charge in [0.25, 0.3) is 0 Å². The van der Waals surface area contributed by atoms with E-state index in [1.807, 2.05) is 0 Å². The first-order chi connectivity index (χ1) is 10.2. The lowest BCUT2D eigenvalue weighted by molar-refractivity contribution is -0.255. The Morgan fingerprint density at radius 1 is 0.714 bits per heavy atom. The highest BCUT2D eigenvalue weighted by Gasteiger charge is 2.53. The van der Waals surface area contributed by atoms with Gasteiger partial charge in [-0.25, -0.2) is 9.59 Å². The Balaban J connectivity index is 2.78. The van der Waals surface area contributed by atoms with Crippen LogP contribution in [0.5, 0.6) is 0 Å². The summed E-state index contributed by atoms with van der Waals surface area (Å²) < 4.78 is 0. The van der Waals surface area contributed by atoms with Crippen LogP contribution in [0.15, 0.2) is 60.7 Å². The Kier molecular flexibility index (Phi) is 4.32. The summed E-state index contributed by atoms with van der Waals surface area (Å²) in [5.74, 6) is -2.56. The number of hydrogen-bond donors (Lipinski definition) is 2. The van der Waals surface area contributed by atoms with Gasteiger partial charge in [-0.3, -0.25) is 9.78 Å². The molecule has 0 heterocycles. The fourth-order valence-corrected chi connectivity index (χ4v) is 2.23. The monoisotopic (exact) mass is 288 g/mol. The number of hydrogen-bond acceptors (Lipinski definition) is 6. The van der Waals surface area contributed by atoms with Crippen LogP contribution in [0.3, 0.4) is 0 Å². The van der Waals surface area contributed by atoms with E-state index in [2.05, 4.69) is 9.78 Å². The smallest absolute Gasteiger partial charge is 0.299 e. The van der Waals surface area contributed by atoms with Crippen LogP contribution < -0.4 is 0 Å². The summed E-state index contributed by atoms with van der Waals surface area (Å²) in [5.41, 5.74) is -1.74. The molecule has 0 atom stereocenters. The summed E-state index contributed by atoms with van der Waals surface area (Å²) in [7, 11) is 0. The molecule has 0 aliphatic carbocycles. The van der Waals surface area contributed by atoms with Crippen LogP contribution in [0.2, 0.25) is 0 Å². The molecule has 0 aromatic heterocycles. The van der Waals surface area contributed by atoms with E-state index in [0.717, 1.165) is 0 Å². The average molecular weight is 288 g/mol. The van der Waals surface area contributed by atoms with Crippen LogP contribution in [0.25, 0.3) is 0 Å². The van der Waals surface area contributed by atoms with Crippen molar-refractivity contribution in [1.29, 1.82) is 0 Å². The molecule has 2 rings (SSSR count). The van der Waals surface area contributed by atoms with Gasteiger partial charge in [0.05, 0.1) is 0 Å². The second-order valence-corrected chi connectivity index (χ2v) is 4.24. The third kappa shape index (κ3) is 2.37. The number of carbonyl (C=O) groups excluding carboxylic acids is 2. The van der Waals surface area contributed by atoms with Crippen LogP contribution in [-0.4, -0.2) is 22.5 Å². The molecular formula is C15H12O6. The Morgan fingerprint density at radius 2 is 1.05 bits per heavy atom. The molecule has 0 amide bonds. The van der Waals surface area contributed by atoms with Gasteiger partial charge in [-0.05, 0) is 11.1 Å². The van der Waals surface area contributed by atoms with E-state index in [1.54, 1.807) is 36.4 Å². The topological polar surface area (TPSA) is 93.1 Å². The average Bonchev–Trinajstić information content (AvgIpc) is 2.57. The van der Waals surface area contributed by atoms with Crippen LogP contribution in [0.1, 0.15) is 11.1 Å². The Hall–Kier alpha value is -2.70. The van der Waals surface area contributed by atoms with E-state index in [9.17, 15) is 9.59 Å². The zero-order chi connectivity index (χ0) is 15.3. The molecular weight excluding hydrogens is 276 g/mol. The molecule has 2 N–H and O–H groups in total. The summed E-state index contributed by atoms with van der Waals surface area (Å²) in [4.78, 5) is 31.9. The fraction of sp³-hybridized carbons (Fsp3) is 0.0667. The Labute approximate surface area is 120 Å². The first-order valence-corrected chi connectivity index (χ1v) is 6.00. The van der Waals surface area contributed by atoms with E-state index in [-0.39, 0.29) is 11.1 Å². The van der Waals surface area contributed by atoms with Gasteiger partial charge < -0.3 is 0 Å². The molecule has 0 aliphatic heterocycles. The van der Waals surface area contributed by atoms with Crippen molar-refractivity contribution in [2.45, 2.75) is 5.41 Å². The highest BCUT2D eigenvalue weighted by atomic mass is 17.1. The van der Waals surface area contributed by atoms with Gasteiger partial charge in [-0.2, -0.15) is 10.5 Å². The summed E-state index contributed by atoms with van der Waals surface area (Å²) >= 11 is 0. The van der Waals surface area contributed by atoms with Crippen molar-refractivity contribution in [3.05, 3.63) is 71.8 Å². The van der Waals surface area contributed by atoms with Crippen molar-refractivity contribution < 1.29 is 29.9 Å². The lowest BCUT2D eigenvalue weighted by Crippen LogP contribution is -2.46. The predicted molar refractivity (Wildman–Crippen MR) is 71.1 cm³/mol. The molecule has 108 valence electrons. The first-order valence-electron chi connectivity index (χ1n) is 6.00. The van der Waals surface area contributed by atoms with Crippen LogP contribution >= 0.6 is 0 Å². The molecule has 0 radical (unpaired) electrons. The molecule has 0 spiro atoms. The molecule has 6 heteroatoms. The third-order valence-electron chi connectivity index (χ3n) is 3.19. The summed E-state index contributed by atoms with van der Waals surface area (Å²) in [6.45, 7) is 0.